The molecule has 0 aliphatic carbocycles. The van der Waals surface area contributed by atoms with E-state index in [0.717, 1.165) is 11.4 Å². The molecule has 21 heavy (non-hydrogen) atoms. The van der Waals surface area contributed by atoms with Crippen LogP contribution >= 0.6 is 0 Å². The van der Waals surface area contributed by atoms with E-state index in [1.54, 1.807) is 12.4 Å². The molecule has 1 atom stereocenters. The van der Waals surface area contributed by atoms with Crippen molar-refractivity contribution in [1.29, 1.82) is 0 Å². The number of nitrogens with one attached hydrogen (secondary N) is 2. The zero-order chi connectivity index (χ0) is 15.2. The summed E-state index contributed by atoms with van der Waals surface area (Å²) in [5, 5.41) is 6.30. The van der Waals surface area contributed by atoms with E-state index in [9.17, 15) is 4.79 Å². The SMILES string of the molecule is CC(C)C(=O)Nc1ccc(NC(C)c2ccncc2)cc1. The van der Waals surface area contributed by atoms with Gasteiger partial charge in [0.15, 0.2) is 0 Å². The number of rotatable bonds is 5. The van der Waals surface area contributed by atoms with Gasteiger partial charge in [-0.15, -0.1) is 0 Å². The molecule has 4 heteroatoms. The maximum absolute atomic E-state index is 11.6. The number of aromatic nitrogens is 1. The molecule has 110 valence electrons. The normalized spacial score (nSPS) is 12.0. The molecule has 0 aliphatic rings. The summed E-state index contributed by atoms with van der Waals surface area (Å²) in [5.41, 5.74) is 3.01. The second-order valence-corrected chi connectivity index (χ2v) is 5.37. The molecule has 0 fully saturated rings. The van der Waals surface area contributed by atoms with Crippen LogP contribution in [0.5, 0.6) is 0 Å². The smallest absolute Gasteiger partial charge is 0.226 e. The highest BCUT2D eigenvalue weighted by Crippen LogP contribution is 2.20. The van der Waals surface area contributed by atoms with Crippen LogP contribution in [0.1, 0.15) is 32.4 Å². The Bertz CT molecular complexity index is 579. The highest BCUT2D eigenvalue weighted by Gasteiger charge is 2.08. The minimum absolute atomic E-state index is 0.0190. The van der Waals surface area contributed by atoms with Crippen LogP contribution in [-0.4, -0.2) is 10.9 Å². The summed E-state index contributed by atoms with van der Waals surface area (Å²) in [4.78, 5) is 15.6. The molecule has 2 aromatic rings. The van der Waals surface area contributed by atoms with Crippen molar-refractivity contribution in [2.45, 2.75) is 26.8 Å². The molecular weight excluding hydrogens is 262 g/mol. The van der Waals surface area contributed by atoms with E-state index in [1.807, 2.05) is 50.2 Å². The summed E-state index contributed by atoms with van der Waals surface area (Å²) in [5.74, 6) is 0.00961. The Balaban J connectivity index is 1.98. The lowest BCUT2D eigenvalue weighted by molar-refractivity contribution is -0.118. The van der Waals surface area contributed by atoms with Gasteiger partial charge in [0.25, 0.3) is 0 Å². The first-order chi connectivity index (χ1) is 10.1. The molecule has 0 radical (unpaired) electrons. The highest BCUT2D eigenvalue weighted by atomic mass is 16.1. The van der Waals surface area contributed by atoms with Gasteiger partial charge in [-0.3, -0.25) is 9.78 Å². The Hall–Kier alpha value is -2.36. The van der Waals surface area contributed by atoms with E-state index in [4.69, 9.17) is 0 Å². The largest absolute Gasteiger partial charge is 0.379 e. The number of hydrogen-bond acceptors (Lipinski definition) is 3. The van der Waals surface area contributed by atoms with Crippen LogP contribution in [0, 0.1) is 5.92 Å². The van der Waals surface area contributed by atoms with Crippen LogP contribution in [0.15, 0.2) is 48.8 Å². The molecule has 0 saturated heterocycles. The van der Waals surface area contributed by atoms with Crippen molar-refractivity contribution in [3.8, 4) is 0 Å². The lowest BCUT2D eigenvalue weighted by Gasteiger charge is -2.16. The lowest BCUT2D eigenvalue weighted by atomic mass is 10.1. The van der Waals surface area contributed by atoms with Crippen molar-refractivity contribution in [1.82, 2.24) is 4.98 Å². The maximum atomic E-state index is 11.6. The topological polar surface area (TPSA) is 54.0 Å². The summed E-state index contributed by atoms with van der Waals surface area (Å²) in [6, 6.07) is 11.9. The van der Waals surface area contributed by atoms with Gasteiger partial charge < -0.3 is 10.6 Å². The third-order valence-corrected chi connectivity index (χ3v) is 3.27. The summed E-state index contributed by atoms with van der Waals surface area (Å²) in [6.07, 6.45) is 3.58. The Morgan fingerprint density at radius 1 is 0.952 bits per heavy atom. The number of carbonyl (C=O) groups is 1. The van der Waals surface area contributed by atoms with Gasteiger partial charge in [-0.2, -0.15) is 0 Å². The minimum atomic E-state index is -0.0190. The Labute approximate surface area is 125 Å². The monoisotopic (exact) mass is 283 g/mol. The van der Waals surface area contributed by atoms with Gasteiger partial charge >= 0.3 is 0 Å². The minimum Gasteiger partial charge on any atom is -0.379 e. The fourth-order valence-electron chi connectivity index (χ4n) is 1.92. The van der Waals surface area contributed by atoms with Crippen LogP contribution in [0.25, 0.3) is 0 Å². The van der Waals surface area contributed by atoms with Crippen molar-refractivity contribution in [3.05, 3.63) is 54.4 Å². The van der Waals surface area contributed by atoms with Gasteiger partial charge in [0.05, 0.1) is 0 Å². The van der Waals surface area contributed by atoms with Gasteiger partial charge in [-0.25, -0.2) is 0 Å². The first-order valence-electron chi connectivity index (χ1n) is 7.13. The van der Waals surface area contributed by atoms with Crippen LogP contribution in [-0.2, 0) is 4.79 Å². The molecule has 0 spiro atoms. The quantitative estimate of drug-likeness (QED) is 0.876. The van der Waals surface area contributed by atoms with Gasteiger partial charge in [0.2, 0.25) is 5.91 Å². The maximum Gasteiger partial charge on any atom is 0.226 e. The predicted octanol–water partition coefficient (Wildman–Crippen LogP) is 3.85. The first-order valence-corrected chi connectivity index (χ1v) is 7.13. The van der Waals surface area contributed by atoms with Crippen molar-refractivity contribution >= 4 is 17.3 Å². The van der Waals surface area contributed by atoms with Crippen LogP contribution < -0.4 is 10.6 Å². The number of carbonyl (C=O) groups excluding carboxylic acids is 1. The molecule has 1 aromatic carbocycles. The number of anilines is 2. The van der Waals surface area contributed by atoms with Gasteiger partial charge in [-0.1, -0.05) is 13.8 Å². The Morgan fingerprint density at radius 3 is 2.10 bits per heavy atom. The second kappa shape index (κ2) is 6.88. The van der Waals surface area contributed by atoms with Crippen molar-refractivity contribution in [3.63, 3.8) is 0 Å². The predicted molar refractivity (Wildman–Crippen MR) is 86.2 cm³/mol. The van der Waals surface area contributed by atoms with E-state index >= 15 is 0 Å². The molecule has 1 unspecified atom stereocenters. The molecule has 1 heterocycles. The molecule has 1 amide bonds. The van der Waals surface area contributed by atoms with Crippen LogP contribution in [0.4, 0.5) is 11.4 Å². The Kier molecular flexibility index (Phi) is 4.93. The van der Waals surface area contributed by atoms with Crippen LogP contribution in [0.3, 0.4) is 0 Å². The number of benzene rings is 1. The molecule has 2 rings (SSSR count). The molecular formula is C17H21N3O. The van der Waals surface area contributed by atoms with E-state index in [1.165, 1.54) is 5.56 Å². The van der Waals surface area contributed by atoms with Gasteiger partial charge in [0.1, 0.15) is 0 Å². The summed E-state index contributed by atoms with van der Waals surface area (Å²) in [6.45, 7) is 5.85. The van der Waals surface area contributed by atoms with Crippen molar-refractivity contribution in [2.24, 2.45) is 5.92 Å². The second-order valence-electron chi connectivity index (χ2n) is 5.37. The van der Waals surface area contributed by atoms with E-state index in [2.05, 4.69) is 22.5 Å². The number of nitrogens with zero attached hydrogens (tertiary/aromatic N) is 1. The molecule has 4 nitrogen and oxygen atoms in total. The Morgan fingerprint density at radius 2 is 1.52 bits per heavy atom. The molecule has 2 N–H and O–H groups in total. The summed E-state index contributed by atoms with van der Waals surface area (Å²) < 4.78 is 0. The van der Waals surface area contributed by atoms with Crippen molar-refractivity contribution < 1.29 is 4.79 Å². The summed E-state index contributed by atoms with van der Waals surface area (Å²) in [7, 11) is 0. The van der Waals surface area contributed by atoms with Crippen molar-refractivity contribution in [2.75, 3.05) is 10.6 Å². The van der Waals surface area contributed by atoms with Gasteiger partial charge in [-0.05, 0) is 48.9 Å². The first kappa shape index (κ1) is 15.0. The molecule has 0 bridgehead atoms. The number of pyridine rings is 1. The van der Waals surface area contributed by atoms with Gasteiger partial charge in [0, 0.05) is 35.7 Å². The fraction of sp³-hybridized carbons (Fsp3) is 0.294. The summed E-state index contributed by atoms with van der Waals surface area (Å²) >= 11 is 0. The standard InChI is InChI=1S/C17H21N3O/c1-12(2)17(21)20-16-6-4-15(5-7-16)19-13(3)14-8-10-18-11-9-14/h4-13,19H,1-3H3,(H,20,21). The fourth-order valence-corrected chi connectivity index (χ4v) is 1.92. The zero-order valence-electron chi connectivity index (χ0n) is 12.6. The average Bonchev–Trinajstić information content (AvgIpc) is 2.50. The molecule has 1 aromatic heterocycles. The highest BCUT2D eigenvalue weighted by molar-refractivity contribution is 5.92. The third-order valence-electron chi connectivity index (χ3n) is 3.27. The van der Waals surface area contributed by atoms with Crippen LogP contribution in [0.2, 0.25) is 0 Å². The lowest BCUT2D eigenvalue weighted by Crippen LogP contribution is -2.17. The molecule has 0 aliphatic heterocycles. The van der Waals surface area contributed by atoms with E-state index in [0.29, 0.717) is 0 Å². The van der Waals surface area contributed by atoms with E-state index < -0.39 is 0 Å². The third kappa shape index (κ3) is 4.31. The number of amides is 1. The van der Waals surface area contributed by atoms with E-state index in [-0.39, 0.29) is 17.9 Å². The zero-order valence-corrected chi connectivity index (χ0v) is 12.6. The molecule has 0 saturated carbocycles. The number of hydrogen-bond donors (Lipinski definition) is 2. The average molecular weight is 283 g/mol.